The molecule has 0 aromatic rings. The van der Waals surface area contributed by atoms with Crippen LogP contribution >= 0.6 is 0 Å². The molecule has 1 amide bonds. The van der Waals surface area contributed by atoms with Crippen LogP contribution < -0.4 is 0 Å². The van der Waals surface area contributed by atoms with E-state index in [0.717, 1.165) is 49.7 Å². The first kappa shape index (κ1) is 27.0. The lowest BCUT2D eigenvalue weighted by Crippen LogP contribution is -2.63. The summed E-state index contributed by atoms with van der Waals surface area (Å²) in [5, 5.41) is 0. The fraction of sp³-hybridized carbons (Fsp3) is 0.759. The second kappa shape index (κ2) is 9.42. The van der Waals surface area contributed by atoms with Gasteiger partial charge in [-0.3, -0.25) is 9.69 Å². The van der Waals surface area contributed by atoms with Crippen molar-refractivity contribution in [2.45, 2.75) is 69.9 Å². The minimum absolute atomic E-state index is 0.0392. The number of nitrogens with zero attached hydrogens (tertiary/aromatic N) is 5. The highest BCUT2D eigenvalue weighted by molar-refractivity contribution is 5.87. The topological polar surface area (TPSA) is 33.3 Å². The summed E-state index contributed by atoms with van der Waals surface area (Å²) < 4.78 is 58.7. The van der Waals surface area contributed by atoms with Crippen LogP contribution in [-0.2, 0) is 4.79 Å². The van der Waals surface area contributed by atoms with Crippen molar-refractivity contribution in [1.29, 1.82) is 0 Å². The maximum absolute atomic E-state index is 14.8. The molecule has 10 heteroatoms. The number of amides is 1. The highest BCUT2D eigenvalue weighted by Gasteiger charge is 2.94. The molecule has 6 nitrogen and oxygen atoms in total. The number of allylic oxidation sites excluding steroid dienone is 1. The molecule has 1 unspecified atom stereocenters. The Balaban J connectivity index is 1.18. The quantitative estimate of drug-likeness (QED) is 0.353. The summed E-state index contributed by atoms with van der Waals surface area (Å²) in [6, 6.07) is -0.690. The Kier molecular flexibility index (Phi) is 6.51. The third-order valence-corrected chi connectivity index (χ3v) is 10.8. The van der Waals surface area contributed by atoms with Crippen LogP contribution in [0.1, 0.15) is 45.4 Å². The number of alkyl halides is 4. The molecule has 2 aliphatic carbocycles. The van der Waals surface area contributed by atoms with Crippen LogP contribution in [0.2, 0.25) is 0 Å². The highest BCUT2D eigenvalue weighted by atomic mass is 19.3. The molecule has 6 rings (SSSR count). The van der Waals surface area contributed by atoms with E-state index in [0.29, 0.717) is 64.3 Å². The first-order valence-corrected chi connectivity index (χ1v) is 14.6. The maximum Gasteiger partial charge on any atom is 0.262 e. The Morgan fingerprint density at radius 3 is 2.15 bits per heavy atom. The van der Waals surface area contributed by atoms with Crippen LogP contribution in [0.25, 0.3) is 0 Å². The van der Waals surface area contributed by atoms with Gasteiger partial charge in [0.1, 0.15) is 11.9 Å². The van der Waals surface area contributed by atoms with Gasteiger partial charge in [0.15, 0.2) is 0 Å². The second-order valence-electron chi connectivity index (χ2n) is 12.4. The van der Waals surface area contributed by atoms with Crippen LogP contribution in [0.15, 0.2) is 35.8 Å². The summed E-state index contributed by atoms with van der Waals surface area (Å²) in [5.74, 6) is -1.87. The number of rotatable bonds is 7. The molecule has 4 heterocycles. The molecule has 39 heavy (non-hydrogen) atoms. The number of hydrogen-bond acceptors (Lipinski definition) is 5. The van der Waals surface area contributed by atoms with E-state index in [2.05, 4.69) is 27.4 Å². The van der Waals surface area contributed by atoms with Gasteiger partial charge in [-0.05, 0) is 43.8 Å². The van der Waals surface area contributed by atoms with E-state index in [1.54, 1.807) is 11.9 Å². The first-order chi connectivity index (χ1) is 18.6. The van der Waals surface area contributed by atoms with Gasteiger partial charge in [0, 0.05) is 88.1 Å². The van der Waals surface area contributed by atoms with Crippen molar-refractivity contribution in [3.8, 4) is 0 Å². The number of likely N-dealkylation sites (tertiary alicyclic amines) is 2. The molecule has 0 aromatic heterocycles. The fourth-order valence-electron chi connectivity index (χ4n) is 8.21. The largest absolute Gasteiger partial charge is 0.368 e. The number of likely N-dealkylation sites (N-methyl/N-ethyl adjacent to an activating group) is 1. The molecule has 2 saturated carbocycles. The Labute approximate surface area is 228 Å². The minimum Gasteiger partial charge on any atom is -0.368 e. The molecule has 0 aromatic carbocycles. The van der Waals surface area contributed by atoms with Crippen molar-refractivity contribution in [2.75, 3.05) is 59.4 Å². The molecular weight excluding hydrogens is 510 g/mol. The average molecular weight is 552 g/mol. The molecule has 0 radical (unpaired) electrons. The van der Waals surface area contributed by atoms with Crippen molar-refractivity contribution >= 4 is 5.91 Å². The predicted molar refractivity (Wildman–Crippen MR) is 141 cm³/mol. The molecule has 2 spiro atoms. The van der Waals surface area contributed by atoms with Crippen molar-refractivity contribution in [2.24, 2.45) is 10.8 Å². The van der Waals surface area contributed by atoms with E-state index in [4.69, 9.17) is 0 Å². The molecule has 0 N–H and O–H groups in total. The number of piperidine rings is 1. The van der Waals surface area contributed by atoms with E-state index in [1.807, 2.05) is 11.8 Å². The third kappa shape index (κ3) is 3.86. The first-order valence-electron chi connectivity index (χ1n) is 14.6. The summed E-state index contributed by atoms with van der Waals surface area (Å²) in [4.78, 5) is 22.1. The van der Waals surface area contributed by atoms with E-state index in [9.17, 15) is 22.4 Å². The van der Waals surface area contributed by atoms with Gasteiger partial charge in [-0.2, -0.15) is 0 Å². The van der Waals surface area contributed by atoms with Gasteiger partial charge in [-0.15, -0.1) is 0 Å². The number of piperazine rings is 1. The summed E-state index contributed by atoms with van der Waals surface area (Å²) in [6.07, 6.45) is 4.35. The third-order valence-electron chi connectivity index (χ3n) is 10.8. The zero-order valence-electron chi connectivity index (χ0n) is 23.1. The molecule has 6 aliphatic rings. The van der Waals surface area contributed by atoms with Gasteiger partial charge < -0.3 is 19.6 Å². The normalized spacial score (nSPS) is 29.7. The zero-order chi connectivity index (χ0) is 27.7. The molecular formula is C29H41F4N5O. The molecule has 1 atom stereocenters. The van der Waals surface area contributed by atoms with Crippen LogP contribution in [0.5, 0.6) is 0 Å². The average Bonchev–Trinajstić information content (AvgIpc) is 3.77. The summed E-state index contributed by atoms with van der Waals surface area (Å²) in [5.41, 5.74) is 0.0325. The number of hydrogen-bond donors (Lipinski definition) is 0. The van der Waals surface area contributed by atoms with E-state index >= 15 is 0 Å². The van der Waals surface area contributed by atoms with Gasteiger partial charge in [-0.1, -0.05) is 19.9 Å². The summed E-state index contributed by atoms with van der Waals surface area (Å²) in [6.45, 7) is 11.0. The van der Waals surface area contributed by atoms with Gasteiger partial charge in [0.2, 0.25) is 5.91 Å². The fourth-order valence-corrected chi connectivity index (χ4v) is 8.21. The van der Waals surface area contributed by atoms with Crippen LogP contribution in [0.4, 0.5) is 17.6 Å². The summed E-state index contributed by atoms with van der Waals surface area (Å²) >= 11 is 0. The van der Waals surface area contributed by atoms with Gasteiger partial charge in [0.05, 0.1) is 0 Å². The molecule has 216 valence electrons. The maximum atomic E-state index is 14.8. The lowest BCUT2D eigenvalue weighted by atomic mass is 9.88. The standard InChI is InChI=1S/C29H41F4N5O/c1-4-6-21-22(38-18-20(19-38)35-13-15-37(16-14-35)24(39)5-2)17-23(34(3)25(21)26(30)31)36-11-9-28(10-12-36)27(7-8-27)29(28,32)33/h5,17,20,25-26H,2,4,6-16,18-19H2,1,3H3. The van der Waals surface area contributed by atoms with E-state index < -0.39 is 29.2 Å². The van der Waals surface area contributed by atoms with Gasteiger partial charge >= 0.3 is 0 Å². The zero-order valence-corrected chi connectivity index (χ0v) is 23.1. The Hall–Kier alpha value is -2.23. The van der Waals surface area contributed by atoms with Crippen molar-refractivity contribution in [3.05, 3.63) is 35.8 Å². The number of carbonyl (C=O) groups excluding carboxylic acids is 1. The Morgan fingerprint density at radius 2 is 1.64 bits per heavy atom. The predicted octanol–water partition coefficient (Wildman–Crippen LogP) is 3.99. The number of fused-ring (bicyclic) bond motifs is 1. The minimum atomic E-state index is -2.57. The molecule has 4 aliphatic heterocycles. The molecule has 0 bridgehead atoms. The molecule has 5 fully saturated rings. The lowest BCUT2D eigenvalue weighted by Gasteiger charge is -2.52. The summed E-state index contributed by atoms with van der Waals surface area (Å²) in [7, 11) is 1.73. The van der Waals surface area contributed by atoms with Gasteiger partial charge in [0.25, 0.3) is 12.3 Å². The van der Waals surface area contributed by atoms with Crippen LogP contribution in [-0.4, -0.2) is 114 Å². The Bertz CT molecular complexity index is 1060. The van der Waals surface area contributed by atoms with Crippen LogP contribution in [0.3, 0.4) is 0 Å². The van der Waals surface area contributed by atoms with E-state index in [1.165, 1.54) is 6.08 Å². The van der Waals surface area contributed by atoms with Crippen LogP contribution in [0, 0.1) is 10.8 Å². The second-order valence-corrected chi connectivity index (χ2v) is 12.4. The number of carbonyl (C=O) groups is 1. The van der Waals surface area contributed by atoms with Crippen molar-refractivity contribution in [3.63, 3.8) is 0 Å². The Morgan fingerprint density at radius 1 is 1.03 bits per heavy atom. The SMILES string of the molecule is C=CC(=O)N1CCN(C2CN(C3=C(CCC)C(C(F)F)N(C)C(N4CCC5(CC4)C(F)(F)C54CC4)=C3)C2)CC1. The van der Waals surface area contributed by atoms with Gasteiger partial charge in [-0.25, -0.2) is 17.6 Å². The smallest absolute Gasteiger partial charge is 0.262 e. The monoisotopic (exact) mass is 551 g/mol. The number of halogens is 4. The van der Waals surface area contributed by atoms with E-state index in [-0.39, 0.29) is 5.91 Å². The lowest BCUT2D eigenvalue weighted by molar-refractivity contribution is -0.128. The molecule has 3 saturated heterocycles. The van der Waals surface area contributed by atoms with Crippen molar-refractivity contribution < 1.29 is 22.4 Å². The highest BCUT2D eigenvalue weighted by Crippen LogP contribution is 2.89. The van der Waals surface area contributed by atoms with Crippen molar-refractivity contribution in [1.82, 2.24) is 24.5 Å².